The molecule has 17 heavy (non-hydrogen) atoms. The lowest BCUT2D eigenvalue weighted by Crippen LogP contribution is -2.23. The Bertz CT molecular complexity index is 383. The van der Waals surface area contributed by atoms with E-state index in [1.54, 1.807) is 6.20 Å². The lowest BCUT2D eigenvalue weighted by molar-refractivity contribution is 0.555. The average Bonchev–Trinajstić information content (AvgIpc) is 2.70. The van der Waals surface area contributed by atoms with Gasteiger partial charge in [-0.1, -0.05) is 24.9 Å². The summed E-state index contributed by atoms with van der Waals surface area (Å²) in [5, 5.41) is 7.11. The number of halogens is 1. The molecule has 1 aromatic heterocycles. The zero-order valence-corrected chi connectivity index (χ0v) is 11.1. The highest BCUT2D eigenvalue weighted by atomic mass is 35.5. The van der Waals surface area contributed by atoms with Crippen LogP contribution >= 0.6 is 11.6 Å². The largest absolute Gasteiger partial charge is 0.366 e. The smallest absolute Gasteiger partial charge is 0.224 e. The first kappa shape index (κ1) is 12.4. The summed E-state index contributed by atoms with van der Waals surface area (Å²) in [6.45, 7) is 5.09. The molecule has 1 fully saturated rings. The Balaban J connectivity index is 2.10. The molecule has 4 nitrogen and oxygen atoms in total. The third-order valence-electron chi connectivity index (χ3n) is 3.26. The molecule has 0 radical (unpaired) electrons. The summed E-state index contributed by atoms with van der Waals surface area (Å²) in [6.07, 6.45) is 5.40. The van der Waals surface area contributed by atoms with Crippen molar-refractivity contribution >= 4 is 23.4 Å². The number of hydrogen-bond donors (Lipinski definition) is 2. The summed E-state index contributed by atoms with van der Waals surface area (Å²) >= 11 is 6.11. The lowest BCUT2D eigenvalue weighted by Gasteiger charge is -2.18. The first-order valence-electron chi connectivity index (χ1n) is 6.23. The second-order valence-corrected chi connectivity index (χ2v) is 4.99. The highest BCUT2D eigenvalue weighted by molar-refractivity contribution is 6.32. The van der Waals surface area contributed by atoms with Gasteiger partial charge in [0.2, 0.25) is 5.95 Å². The van der Waals surface area contributed by atoms with E-state index in [1.165, 1.54) is 19.3 Å². The van der Waals surface area contributed by atoms with Crippen molar-refractivity contribution in [3.63, 3.8) is 0 Å². The first-order valence-corrected chi connectivity index (χ1v) is 6.61. The Morgan fingerprint density at radius 1 is 1.47 bits per heavy atom. The second-order valence-electron chi connectivity index (χ2n) is 4.58. The maximum absolute atomic E-state index is 6.11. The molecule has 2 N–H and O–H groups in total. The average molecular weight is 255 g/mol. The molecule has 1 heterocycles. The predicted molar refractivity (Wildman–Crippen MR) is 71.6 cm³/mol. The summed E-state index contributed by atoms with van der Waals surface area (Å²) in [7, 11) is 0. The quantitative estimate of drug-likeness (QED) is 0.867. The van der Waals surface area contributed by atoms with Crippen LogP contribution in [0.25, 0.3) is 0 Å². The molecule has 0 spiro atoms. The first-order chi connectivity index (χ1) is 8.20. The number of hydrogen-bond acceptors (Lipinski definition) is 4. The highest BCUT2D eigenvalue weighted by Crippen LogP contribution is 2.29. The minimum absolute atomic E-state index is 0.483. The summed E-state index contributed by atoms with van der Waals surface area (Å²) in [5.41, 5.74) is 0. The van der Waals surface area contributed by atoms with E-state index in [-0.39, 0.29) is 0 Å². The minimum atomic E-state index is 0.483. The van der Waals surface area contributed by atoms with Gasteiger partial charge < -0.3 is 10.6 Å². The summed E-state index contributed by atoms with van der Waals surface area (Å²) in [6, 6.07) is 0.483. The van der Waals surface area contributed by atoms with Gasteiger partial charge in [-0.25, -0.2) is 4.98 Å². The van der Waals surface area contributed by atoms with Gasteiger partial charge in [-0.15, -0.1) is 0 Å². The maximum atomic E-state index is 6.11. The number of nitrogens with one attached hydrogen (secondary N) is 2. The molecule has 2 unspecified atom stereocenters. The Kier molecular flexibility index (Phi) is 4.05. The van der Waals surface area contributed by atoms with Crippen LogP contribution in [0.5, 0.6) is 0 Å². The van der Waals surface area contributed by atoms with Gasteiger partial charge in [-0.2, -0.15) is 4.98 Å². The van der Waals surface area contributed by atoms with Crippen LogP contribution in [0.2, 0.25) is 5.02 Å². The van der Waals surface area contributed by atoms with Crippen LogP contribution in [-0.2, 0) is 0 Å². The Hall–Kier alpha value is -1.03. The van der Waals surface area contributed by atoms with Crippen LogP contribution < -0.4 is 10.6 Å². The van der Waals surface area contributed by atoms with Gasteiger partial charge in [0.05, 0.1) is 6.20 Å². The molecule has 5 heteroatoms. The minimum Gasteiger partial charge on any atom is -0.366 e. The maximum Gasteiger partial charge on any atom is 0.224 e. The number of aromatic nitrogens is 2. The molecule has 0 bridgehead atoms. The Labute approximate surface area is 107 Å². The zero-order chi connectivity index (χ0) is 12.3. The van der Waals surface area contributed by atoms with Crippen molar-refractivity contribution in [3.05, 3.63) is 11.2 Å². The fourth-order valence-electron chi connectivity index (χ4n) is 2.25. The molecule has 0 aromatic carbocycles. The molecule has 1 saturated carbocycles. The summed E-state index contributed by atoms with van der Waals surface area (Å²) < 4.78 is 0. The van der Waals surface area contributed by atoms with Gasteiger partial charge in [-0.3, -0.25) is 0 Å². The van der Waals surface area contributed by atoms with Crippen molar-refractivity contribution in [2.24, 2.45) is 5.92 Å². The number of rotatable bonds is 4. The molecule has 94 valence electrons. The fourth-order valence-corrected chi connectivity index (χ4v) is 2.39. The standard InChI is InChI=1S/C12H19ClN4/c1-3-14-12-15-7-9(13)11(17-12)16-10-6-4-5-8(10)2/h7-8,10H,3-6H2,1-2H3,(H2,14,15,16,17). The molecule has 0 saturated heterocycles. The third kappa shape index (κ3) is 3.00. The van der Waals surface area contributed by atoms with Crippen molar-refractivity contribution in [2.45, 2.75) is 39.2 Å². The van der Waals surface area contributed by atoms with Crippen molar-refractivity contribution in [3.8, 4) is 0 Å². The van der Waals surface area contributed by atoms with Gasteiger partial charge in [0.25, 0.3) is 0 Å². The van der Waals surface area contributed by atoms with Crippen molar-refractivity contribution in [1.82, 2.24) is 9.97 Å². The van der Waals surface area contributed by atoms with Gasteiger partial charge in [0.15, 0.2) is 5.82 Å². The molecule has 2 rings (SSSR count). The normalized spacial score (nSPS) is 23.7. The monoisotopic (exact) mass is 254 g/mol. The second kappa shape index (κ2) is 5.54. The zero-order valence-electron chi connectivity index (χ0n) is 10.3. The van der Waals surface area contributed by atoms with Crippen LogP contribution in [0, 0.1) is 5.92 Å². The van der Waals surface area contributed by atoms with Gasteiger partial charge in [0, 0.05) is 12.6 Å². The van der Waals surface area contributed by atoms with Gasteiger partial charge in [0.1, 0.15) is 5.02 Å². The van der Waals surface area contributed by atoms with Crippen LogP contribution in [0.4, 0.5) is 11.8 Å². The SMILES string of the molecule is CCNc1ncc(Cl)c(NC2CCCC2C)n1. The Morgan fingerprint density at radius 2 is 2.29 bits per heavy atom. The molecule has 1 aliphatic rings. The van der Waals surface area contributed by atoms with E-state index in [9.17, 15) is 0 Å². The van der Waals surface area contributed by atoms with E-state index in [1.807, 2.05) is 6.92 Å². The van der Waals surface area contributed by atoms with Crippen LogP contribution in [-0.4, -0.2) is 22.6 Å². The molecule has 1 aromatic rings. The molecular weight excluding hydrogens is 236 g/mol. The van der Waals surface area contributed by atoms with E-state index in [2.05, 4.69) is 27.5 Å². The van der Waals surface area contributed by atoms with E-state index < -0.39 is 0 Å². The van der Waals surface area contributed by atoms with E-state index in [4.69, 9.17) is 11.6 Å². The van der Waals surface area contributed by atoms with Crippen LogP contribution in [0.15, 0.2) is 6.20 Å². The number of nitrogens with zero attached hydrogens (tertiary/aromatic N) is 2. The molecule has 1 aliphatic carbocycles. The van der Waals surface area contributed by atoms with Crippen molar-refractivity contribution in [2.75, 3.05) is 17.2 Å². The van der Waals surface area contributed by atoms with E-state index in [0.29, 0.717) is 22.9 Å². The van der Waals surface area contributed by atoms with Crippen molar-refractivity contribution in [1.29, 1.82) is 0 Å². The molecule has 0 amide bonds. The summed E-state index contributed by atoms with van der Waals surface area (Å²) in [5.74, 6) is 2.06. The fraction of sp³-hybridized carbons (Fsp3) is 0.667. The molecule has 2 atom stereocenters. The van der Waals surface area contributed by atoms with E-state index in [0.717, 1.165) is 12.4 Å². The molecule has 0 aliphatic heterocycles. The lowest BCUT2D eigenvalue weighted by atomic mass is 10.1. The highest BCUT2D eigenvalue weighted by Gasteiger charge is 2.24. The van der Waals surface area contributed by atoms with Gasteiger partial charge in [-0.05, 0) is 25.7 Å². The molecular formula is C12H19ClN4. The topological polar surface area (TPSA) is 49.8 Å². The van der Waals surface area contributed by atoms with E-state index >= 15 is 0 Å². The summed E-state index contributed by atoms with van der Waals surface area (Å²) in [4.78, 5) is 8.52. The van der Waals surface area contributed by atoms with Crippen LogP contribution in [0.1, 0.15) is 33.1 Å². The Morgan fingerprint density at radius 3 is 2.94 bits per heavy atom. The van der Waals surface area contributed by atoms with Crippen molar-refractivity contribution < 1.29 is 0 Å². The third-order valence-corrected chi connectivity index (χ3v) is 3.54. The number of anilines is 2. The predicted octanol–water partition coefficient (Wildman–Crippen LogP) is 3.16. The van der Waals surface area contributed by atoms with Gasteiger partial charge >= 0.3 is 0 Å². The van der Waals surface area contributed by atoms with Crippen LogP contribution in [0.3, 0.4) is 0 Å².